The number of aromatic nitrogens is 2. The minimum Gasteiger partial charge on any atom is -0.465 e. The molecule has 4 rings (SSSR count). The summed E-state index contributed by atoms with van der Waals surface area (Å²) in [6.45, 7) is 0.495. The maximum absolute atomic E-state index is 12.4. The number of benzene rings is 2. The smallest absolute Gasteiger partial charge is 0.337 e. The van der Waals surface area contributed by atoms with Gasteiger partial charge in [0.25, 0.3) is 0 Å². The Morgan fingerprint density at radius 3 is 2.53 bits per heavy atom. The summed E-state index contributed by atoms with van der Waals surface area (Å²) in [5.74, 6) is 0.261. The number of anilines is 2. The molecule has 0 saturated heterocycles. The molecule has 1 amide bonds. The van der Waals surface area contributed by atoms with Gasteiger partial charge in [0.2, 0.25) is 5.91 Å². The van der Waals surface area contributed by atoms with Crippen LogP contribution < -0.4 is 10.2 Å². The Bertz CT molecular complexity index is 1240. The normalized spacial score (nSPS) is 10.7. The molecule has 2 aromatic heterocycles. The molecule has 2 heterocycles. The molecule has 0 spiro atoms. The van der Waals surface area contributed by atoms with Crippen LogP contribution in [0.5, 0.6) is 0 Å². The van der Waals surface area contributed by atoms with Crippen LogP contribution in [-0.4, -0.2) is 42.5 Å². The zero-order valence-electron chi connectivity index (χ0n) is 17.7. The predicted octanol–water partition coefficient (Wildman–Crippen LogP) is 4.61. The number of hydrogen-bond donors (Lipinski definition) is 1. The highest BCUT2D eigenvalue weighted by Crippen LogP contribution is 2.35. The number of methoxy groups -OCH3 is 1. The van der Waals surface area contributed by atoms with Crippen molar-refractivity contribution in [2.75, 3.05) is 30.9 Å². The molecule has 162 valence electrons. The van der Waals surface area contributed by atoms with Gasteiger partial charge in [-0.15, -0.1) is 11.3 Å². The number of rotatable bonds is 7. The van der Waals surface area contributed by atoms with Gasteiger partial charge >= 0.3 is 5.97 Å². The van der Waals surface area contributed by atoms with Gasteiger partial charge < -0.3 is 15.0 Å². The number of nitrogens with zero attached hydrogens (tertiary/aromatic N) is 3. The Morgan fingerprint density at radius 1 is 1.06 bits per heavy atom. The molecule has 0 fully saturated rings. The molecule has 32 heavy (non-hydrogen) atoms. The van der Waals surface area contributed by atoms with Crippen LogP contribution in [0.15, 0.2) is 67.0 Å². The Labute approximate surface area is 189 Å². The molecule has 1 N–H and O–H groups in total. The molecule has 0 aliphatic heterocycles. The van der Waals surface area contributed by atoms with Gasteiger partial charge in [0.05, 0.1) is 18.1 Å². The van der Waals surface area contributed by atoms with E-state index in [0.29, 0.717) is 17.8 Å². The molecule has 2 aromatic carbocycles. The molecular formula is C24H22N4O3S. The first-order valence-corrected chi connectivity index (χ1v) is 10.9. The van der Waals surface area contributed by atoms with E-state index in [9.17, 15) is 9.59 Å². The van der Waals surface area contributed by atoms with Crippen molar-refractivity contribution in [3.8, 4) is 10.4 Å². The molecule has 0 radical (unpaired) electrons. The lowest BCUT2D eigenvalue weighted by atomic mass is 10.2. The van der Waals surface area contributed by atoms with Gasteiger partial charge in [0.1, 0.15) is 17.0 Å². The summed E-state index contributed by atoms with van der Waals surface area (Å²) in [6, 6.07) is 18.9. The average molecular weight is 447 g/mol. The molecule has 0 bridgehead atoms. The van der Waals surface area contributed by atoms with E-state index >= 15 is 0 Å². The van der Waals surface area contributed by atoms with Gasteiger partial charge in [-0.3, -0.25) is 4.79 Å². The van der Waals surface area contributed by atoms with E-state index in [2.05, 4.69) is 38.2 Å². The zero-order valence-corrected chi connectivity index (χ0v) is 18.6. The number of fused-ring (bicyclic) bond motifs is 1. The van der Waals surface area contributed by atoms with Crippen LogP contribution >= 0.6 is 11.3 Å². The van der Waals surface area contributed by atoms with E-state index in [1.54, 1.807) is 41.9 Å². The van der Waals surface area contributed by atoms with E-state index in [4.69, 9.17) is 0 Å². The highest BCUT2D eigenvalue weighted by molar-refractivity contribution is 7.21. The van der Waals surface area contributed by atoms with Crippen molar-refractivity contribution in [1.29, 1.82) is 0 Å². The molecule has 4 aromatic rings. The van der Waals surface area contributed by atoms with Crippen molar-refractivity contribution in [3.05, 3.63) is 72.6 Å². The summed E-state index contributed by atoms with van der Waals surface area (Å²) in [6.07, 6.45) is 1.85. The summed E-state index contributed by atoms with van der Waals surface area (Å²) in [5, 5.41) is 3.82. The number of esters is 1. The maximum Gasteiger partial charge on any atom is 0.337 e. The van der Waals surface area contributed by atoms with Crippen molar-refractivity contribution in [2.45, 2.75) is 6.42 Å². The van der Waals surface area contributed by atoms with Gasteiger partial charge in [-0.1, -0.05) is 30.3 Å². The first kappa shape index (κ1) is 21.5. The average Bonchev–Trinajstić information content (AvgIpc) is 3.27. The molecule has 7 nitrogen and oxygen atoms in total. The van der Waals surface area contributed by atoms with Crippen molar-refractivity contribution < 1.29 is 14.3 Å². The molecule has 0 aliphatic carbocycles. The fourth-order valence-corrected chi connectivity index (χ4v) is 4.30. The maximum atomic E-state index is 12.4. The number of thiophene rings is 1. The van der Waals surface area contributed by atoms with Crippen LogP contribution in [0.3, 0.4) is 0 Å². The Morgan fingerprint density at radius 2 is 1.81 bits per heavy atom. The van der Waals surface area contributed by atoms with E-state index < -0.39 is 5.97 Å². The van der Waals surface area contributed by atoms with Crippen molar-refractivity contribution in [2.24, 2.45) is 0 Å². The minimum absolute atomic E-state index is 0.122. The van der Waals surface area contributed by atoms with Crippen LogP contribution in [0.4, 0.5) is 11.5 Å². The van der Waals surface area contributed by atoms with Crippen LogP contribution in [0.25, 0.3) is 20.7 Å². The highest BCUT2D eigenvalue weighted by atomic mass is 32.1. The summed E-state index contributed by atoms with van der Waals surface area (Å²) < 4.78 is 4.68. The standard InChI is InChI=1S/C24H22N4O3S/c1-28(13-12-21(29)27-18-10-8-17(9-11-18)24(30)31-2)22-19-14-20(16-6-4-3-5-7-16)32-23(19)26-15-25-22/h3-11,14-15H,12-13H2,1-2H3,(H,27,29). The Hall–Kier alpha value is -3.78. The lowest BCUT2D eigenvalue weighted by Gasteiger charge is -2.18. The SMILES string of the molecule is COC(=O)c1ccc(NC(=O)CCN(C)c2ncnc3sc(-c4ccccc4)cc23)cc1. The molecule has 0 unspecified atom stereocenters. The third-order valence-corrected chi connectivity index (χ3v) is 6.08. The van der Waals surface area contributed by atoms with Crippen LogP contribution in [-0.2, 0) is 9.53 Å². The molecular weight excluding hydrogens is 424 g/mol. The lowest BCUT2D eigenvalue weighted by molar-refractivity contribution is -0.116. The Kier molecular flexibility index (Phi) is 6.42. The van der Waals surface area contributed by atoms with Gasteiger partial charge in [0.15, 0.2) is 0 Å². The fraction of sp³-hybridized carbons (Fsp3) is 0.167. The van der Waals surface area contributed by atoms with Crippen LogP contribution in [0.2, 0.25) is 0 Å². The number of amides is 1. The van der Waals surface area contributed by atoms with Gasteiger partial charge in [-0.25, -0.2) is 14.8 Å². The summed E-state index contributed by atoms with van der Waals surface area (Å²) >= 11 is 1.62. The summed E-state index contributed by atoms with van der Waals surface area (Å²) in [7, 11) is 3.25. The molecule has 0 saturated carbocycles. The second-order valence-electron chi connectivity index (χ2n) is 7.18. The first-order chi connectivity index (χ1) is 15.5. The number of hydrogen-bond acceptors (Lipinski definition) is 7. The molecule has 0 aliphatic rings. The monoisotopic (exact) mass is 446 g/mol. The third-order valence-electron chi connectivity index (χ3n) is 4.99. The summed E-state index contributed by atoms with van der Waals surface area (Å²) in [5.41, 5.74) is 2.20. The van der Waals surface area contributed by atoms with Crippen LogP contribution in [0.1, 0.15) is 16.8 Å². The van der Waals surface area contributed by atoms with Gasteiger partial charge in [-0.2, -0.15) is 0 Å². The second-order valence-corrected chi connectivity index (χ2v) is 8.21. The van der Waals surface area contributed by atoms with Crippen molar-refractivity contribution >= 4 is 44.9 Å². The second kappa shape index (κ2) is 9.57. The fourth-order valence-electron chi connectivity index (χ4n) is 3.30. The number of carbonyl (C=O) groups excluding carboxylic acids is 2. The largest absolute Gasteiger partial charge is 0.465 e. The topological polar surface area (TPSA) is 84.4 Å². The predicted molar refractivity (Wildman–Crippen MR) is 127 cm³/mol. The van der Waals surface area contributed by atoms with Crippen molar-refractivity contribution in [1.82, 2.24) is 9.97 Å². The third kappa shape index (κ3) is 4.76. The lowest BCUT2D eigenvalue weighted by Crippen LogP contribution is -2.24. The molecule has 0 atom stereocenters. The minimum atomic E-state index is -0.412. The van der Waals surface area contributed by atoms with E-state index in [0.717, 1.165) is 26.5 Å². The van der Waals surface area contributed by atoms with E-state index in [-0.39, 0.29) is 12.3 Å². The van der Waals surface area contributed by atoms with E-state index in [1.807, 2.05) is 30.1 Å². The number of nitrogens with one attached hydrogen (secondary N) is 1. The molecule has 8 heteroatoms. The quantitative estimate of drug-likeness (QED) is 0.417. The zero-order chi connectivity index (χ0) is 22.5. The summed E-state index contributed by atoms with van der Waals surface area (Å²) in [4.78, 5) is 36.8. The number of carbonyl (C=O) groups is 2. The highest BCUT2D eigenvalue weighted by Gasteiger charge is 2.14. The van der Waals surface area contributed by atoms with Crippen molar-refractivity contribution in [3.63, 3.8) is 0 Å². The Balaban J connectivity index is 1.41. The van der Waals surface area contributed by atoms with Gasteiger partial charge in [-0.05, 0) is 35.9 Å². The van der Waals surface area contributed by atoms with Gasteiger partial charge in [0, 0.05) is 30.6 Å². The van der Waals surface area contributed by atoms with E-state index in [1.165, 1.54) is 7.11 Å². The van der Waals surface area contributed by atoms with Crippen LogP contribution in [0, 0.1) is 0 Å². The first-order valence-electron chi connectivity index (χ1n) is 10.0. The number of ether oxygens (including phenoxy) is 1.